The summed E-state index contributed by atoms with van der Waals surface area (Å²) in [7, 11) is 0. The Hall–Kier alpha value is -1.69. The van der Waals surface area contributed by atoms with E-state index < -0.39 is 0 Å². The molecule has 0 heterocycles. The van der Waals surface area contributed by atoms with Gasteiger partial charge in [0.2, 0.25) is 0 Å². The molecule has 0 fully saturated rings. The number of nitriles is 1. The van der Waals surface area contributed by atoms with Crippen LogP contribution in [0.5, 0.6) is 0 Å². The van der Waals surface area contributed by atoms with Gasteiger partial charge in [-0.15, -0.1) is 0 Å². The molecule has 0 radical (unpaired) electrons. The Morgan fingerprint density at radius 1 is 1.35 bits per heavy atom. The lowest BCUT2D eigenvalue weighted by atomic mass is 10.1. The van der Waals surface area contributed by atoms with E-state index in [1.165, 1.54) is 12.8 Å². The number of nitrogens with two attached hydrogens (primary N) is 1. The molecule has 0 amide bonds. The molecule has 0 aliphatic heterocycles. The molecule has 1 rings (SSSR count). The molecule has 0 bridgehead atoms. The number of hydrogen-bond acceptors (Lipinski definition) is 3. The van der Waals surface area contributed by atoms with Gasteiger partial charge >= 0.3 is 0 Å². The van der Waals surface area contributed by atoms with Crippen LogP contribution in [0.15, 0.2) is 18.2 Å². The zero-order chi connectivity index (χ0) is 12.7. The standard InChI is InChI=1S/C14H21N3/c1-11(2)5-3-4-8-17-14-7-6-12(10-15)9-13(14)16/h6-7,9,11,17H,3-5,8,16H2,1-2H3. The molecular weight excluding hydrogens is 210 g/mol. The van der Waals surface area contributed by atoms with Crippen molar-refractivity contribution in [1.82, 2.24) is 0 Å². The van der Waals surface area contributed by atoms with E-state index in [-0.39, 0.29) is 0 Å². The summed E-state index contributed by atoms with van der Waals surface area (Å²) in [5, 5.41) is 12.0. The third kappa shape index (κ3) is 4.78. The minimum Gasteiger partial charge on any atom is -0.397 e. The predicted octanol–water partition coefficient (Wildman–Crippen LogP) is 3.38. The van der Waals surface area contributed by atoms with E-state index in [1.807, 2.05) is 6.07 Å². The Balaban J connectivity index is 2.35. The van der Waals surface area contributed by atoms with Gasteiger partial charge in [0.05, 0.1) is 23.0 Å². The molecule has 0 aromatic heterocycles. The van der Waals surface area contributed by atoms with Crippen molar-refractivity contribution in [2.75, 3.05) is 17.6 Å². The number of nitrogen functional groups attached to an aromatic ring is 1. The van der Waals surface area contributed by atoms with Gasteiger partial charge < -0.3 is 11.1 Å². The van der Waals surface area contributed by atoms with E-state index in [1.54, 1.807) is 12.1 Å². The van der Waals surface area contributed by atoms with Gasteiger partial charge in [0.1, 0.15) is 0 Å². The van der Waals surface area contributed by atoms with E-state index in [4.69, 9.17) is 11.0 Å². The molecule has 0 spiro atoms. The van der Waals surface area contributed by atoms with Crippen LogP contribution < -0.4 is 11.1 Å². The zero-order valence-corrected chi connectivity index (χ0v) is 10.7. The molecule has 0 aliphatic carbocycles. The number of rotatable bonds is 6. The summed E-state index contributed by atoms with van der Waals surface area (Å²) in [4.78, 5) is 0. The molecule has 1 aromatic carbocycles. The van der Waals surface area contributed by atoms with E-state index in [2.05, 4.69) is 25.2 Å². The third-order valence-electron chi connectivity index (χ3n) is 2.70. The van der Waals surface area contributed by atoms with Crippen LogP contribution >= 0.6 is 0 Å². The second kappa shape index (κ2) is 6.80. The molecule has 0 atom stereocenters. The normalized spacial score (nSPS) is 10.2. The summed E-state index contributed by atoms with van der Waals surface area (Å²) >= 11 is 0. The molecule has 3 heteroatoms. The summed E-state index contributed by atoms with van der Waals surface area (Å²) in [5.74, 6) is 0.773. The van der Waals surface area contributed by atoms with Crippen LogP contribution in [0.4, 0.5) is 11.4 Å². The average Bonchev–Trinajstić information content (AvgIpc) is 2.30. The van der Waals surface area contributed by atoms with Gasteiger partial charge in [0.25, 0.3) is 0 Å². The van der Waals surface area contributed by atoms with Crippen LogP contribution in [0, 0.1) is 17.2 Å². The first-order chi connectivity index (χ1) is 8.13. The highest BCUT2D eigenvalue weighted by molar-refractivity contribution is 5.68. The summed E-state index contributed by atoms with van der Waals surface area (Å²) in [6, 6.07) is 7.44. The first kappa shape index (κ1) is 13.4. The monoisotopic (exact) mass is 231 g/mol. The molecule has 0 saturated carbocycles. The Bertz CT molecular complexity index is 391. The van der Waals surface area contributed by atoms with Crippen molar-refractivity contribution in [2.24, 2.45) is 5.92 Å². The van der Waals surface area contributed by atoms with E-state index in [0.29, 0.717) is 11.3 Å². The SMILES string of the molecule is CC(C)CCCCNc1ccc(C#N)cc1N. The van der Waals surface area contributed by atoms with Gasteiger partial charge in [-0.25, -0.2) is 0 Å². The predicted molar refractivity (Wildman–Crippen MR) is 72.7 cm³/mol. The quantitative estimate of drug-likeness (QED) is 0.582. The van der Waals surface area contributed by atoms with E-state index >= 15 is 0 Å². The van der Waals surface area contributed by atoms with Crippen molar-refractivity contribution in [3.05, 3.63) is 23.8 Å². The minimum absolute atomic E-state index is 0.604. The zero-order valence-electron chi connectivity index (χ0n) is 10.7. The van der Waals surface area contributed by atoms with Crippen LogP contribution in [0.25, 0.3) is 0 Å². The molecule has 3 N–H and O–H groups in total. The fourth-order valence-corrected chi connectivity index (χ4v) is 1.69. The molecule has 92 valence electrons. The Labute approximate surface area is 104 Å². The fraction of sp³-hybridized carbons (Fsp3) is 0.500. The van der Waals surface area contributed by atoms with Crippen molar-refractivity contribution < 1.29 is 0 Å². The molecule has 0 aliphatic rings. The lowest BCUT2D eigenvalue weighted by Crippen LogP contribution is -2.04. The molecule has 0 saturated heterocycles. The van der Waals surface area contributed by atoms with Crippen LogP contribution in [-0.2, 0) is 0 Å². The number of benzene rings is 1. The summed E-state index contributed by atoms with van der Waals surface area (Å²) < 4.78 is 0. The lowest BCUT2D eigenvalue weighted by molar-refractivity contribution is 0.545. The maximum Gasteiger partial charge on any atom is 0.0992 e. The van der Waals surface area contributed by atoms with E-state index in [0.717, 1.165) is 24.6 Å². The maximum absolute atomic E-state index is 8.72. The van der Waals surface area contributed by atoms with Gasteiger partial charge in [-0.3, -0.25) is 0 Å². The lowest BCUT2D eigenvalue weighted by Gasteiger charge is -2.10. The first-order valence-corrected chi connectivity index (χ1v) is 6.17. The summed E-state index contributed by atoms with van der Waals surface area (Å²) in [5.41, 5.74) is 8.02. The maximum atomic E-state index is 8.72. The fourth-order valence-electron chi connectivity index (χ4n) is 1.69. The summed E-state index contributed by atoms with van der Waals surface area (Å²) in [6.07, 6.45) is 3.66. The second-order valence-corrected chi connectivity index (χ2v) is 4.73. The van der Waals surface area contributed by atoms with Crippen LogP contribution in [0.1, 0.15) is 38.7 Å². The topological polar surface area (TPSA) is 61.8 Å². The second-order valence-electron chi connectivity index (χ2n) is 4.73. The molecule has 1 aromatic rings. The minimum atomic E-state index is 0.604. The van der Waals surface area contributed by atoms with Gasteiger partial charge in [-0.05, 0) is 30.5 Å². The van der Waals surface area contributed by atoms with Crippen molar-refractivity contribution in [3.8, 4) is 6.07 Å². The Morgan fingerprint density at radius 2 is 2.12 bits per heavy atom. The average molecular weight is 231 g/mol. The number of nitrogens with one attached hydrogen (secondary N) is 1. The third-order valence-corrected chi connectivity index (χ3v) is 2.70. The molecule has 0 unspecified atom stereocenters. The first-order valence-electron chi connectivity index (χ1n) is 6.17. The highest BCUT2D eigenvalue weighted by Crippen LogP contribution is 2.19. The summed E-state index contributed by atoms with van der Waals surface area (Å²) in [6.45, 7) is 5.42. The van der Waals surface area contributed by atoms with E-state index in [9.17, 15) is 0 Å². The molecule has 3 nitrogen and oxygen atoms in total. The molecule has 17 heavy (non-hydrogen) atoms. The number of hydrogen-bond donors (Lipinski definition) is 2. The van der Waals surface area contributed by atoms with Crippen LogP contribution in [0.3, 0.4) is 0 Å². The number of nitrogens with zero attached hydrogens (tertiary/aromatic N) is 1. The molecular formula is C14H21N3. The van der Waals surface area contributed by atoms with Gasteiger partial charge in [-0.1, -0.05) is 26.7 Å². The van der Waals surface area contributed by atoms with Gasteiger partial charge in [0, 0.05) is 6.54 Å². The van der Waals surface area contributed by atoms with Gasteiger partial charge in [-0.2, -0.15) is 5.26 Å². The number of anilines is 2. The van der Waals surface area contributed by atoms with Crippen molar-refractivity contribution in [3.63, 3.8) is 0 Å². The Kier molecular flexibility index (Phi) is 5.35. The van der Waals surface area contributed by atoms with Gasteiger partial charge in [0.15, 0.2) is 0 Å². The van der Waals surface area contributed by atoms with Crippen molar-refractivity contribution in [2.45, 2.75) is 33.1 Å². The number of unbranched alkanes of at least 4 members (excludes halogenated alkanes) is 1. The Morgan fingerprint density at radius 3 is 2.71 bits per heavy atom. The van der Waals surface area contributed by atoms with Crippen LogP contribution in [-0.4, -0.2) is 6.54 Å². The largest absolute Gasteiger partial charge is 0.397 e. The van der Waals surface area contributed by atoms with Crippen molar-refractivity contribution >= 4 is 11.4 Å². The van der Waals surface area contributed by atoms with Crippen molar-refractivity contribution in [1.29, 1.82) is 5.26 Å². The highest BCUT2D eigenvalue weighted by Gasteiger charge is 2.00. The van der Waals surface area contributed by atoms with Crippen LogP contribution in [0.2, 0.25) is 0 Å². The highest BCUT2D eigenvalue weighted by atomic mass is 14.9. The smallest absolute Gasteiger partial charge is 0.0992 e.